The Labute approximate surface area is 110 Å². The molecule has 1 aliphatic rings. The second-order valence-corrected chi connectivity index (χ2v) is 6.39. The molecule has 2 aromatic heterocycles. The maximum absolute atomic E-state index is 6.33. The summed E-state index contributed by atoms with van der Waals surface area (Å²) >= 11 is 1.69. The van der Waals surface area contributed by atoms with Crippen molar-refractivity contribution < 1.29 is 4.52 Å². The molecule has 0 amide bonds. The monoisotopic (exact) mass is 263 g/mol. The molecule has 0 bridgehead atoms. The van der Waals surface area contributed by atoms with Crippen molar-refractivity contribution in [3.05, 3.63) is 22.3 Å². The number of thiophene rings is 1. The highest BCUT2D eigenvalue weighted by Crippen LogP contribution is 2.36. The largest absolute Gasteiger partial charge is 0.333 e. The molecule has 4 nitrogen and oxygen atoms in total. The summed E-state index contributed by atoms with van der Waals surface area (Å²) in [6, 6.07) is 2.09. The molecule has 5 heteroatoms. The van der Waals surface area contributed by atoms with Gasteiger partial charge in [0.05, 0.1) is 10.4 Å². The average Bonchev–Trinajstić information content (AvgIpc) is 3.01. The Morgan fingerprint density at radius 3 is 2.67 bits per heavy atom. The van der Waals surface area contributed by atoms with Crippen LogP contribution in [0.25, 0.3) is 10.8 Å². The van der Waals surface area contributed by atoms with Crippen molar-refractivity contribution in [2.24, 2.45) is 5.73 Å². The summed E-state index contributed by atoms with van der Waals surface area (Å²) < 4.78 is 5.37. The Morgan fingerprint density at radius 2 is 2.06 bits per heavy atom. The summed E-state index contributed by atoms with van der Waals surface area (Å²) in [5.74, 6) is 1.27. The predicted octanol–water partition coefficient (Wildman–Crippen LogP) is 3.14. The van der Waals surface area contributed by atoms with Gasteiger partial charge in [0, 0.05) is 4.88 Å². The van der Waals surface area contributed by atoms with Gasteiger partial charge in [-0.25, -0.2) is 0 Å². The molecule has 1 fully saturated rings. The number of nitrogens with zero attached hydrogens (tertiary/aromatic N) is 2. The molecule has 0 spiro atoms. The third-order valence-corrected chi connectivity index (χ3v) is 4.88. The van der Waals surface area contributed by atoms with Crippen molar-refractivity contribution in [2.45, 2.75) is 45.1 Å². The van der Waals surface area contributed by atoms with Gasteiger partial charge in [0.1, 0.15) is 0 Å². The summed E-state index contributed by atoms with van der Waals surface area (Å²) in [6.07, 6.45) is 4.21. The van der Waals surface area contributed by atoms with E-state index < -0.39 is 0 Å². The molecule has 1 saturated carbocycles. The van der Waals surface area contributed by atoms with Crippen molar-refractivity contribution in [1.82, 2.24) is 10.1 Å². The predicted molar refractivity (Wildman–Crippen MR) is 71.4 cm³/mol. The van der Waals surface area contributed by atoms with E-state index in [2.05, 4.69) is 30.1 Å². The minimum Gasteiger partial charge on any atom is -0.333 e. The molecule has 0 aliphatic heterocycles. The smallest absolute Gasteiger partial charge is 0.268 e. The quantitative estimate of drug-likeness (QED) is 0.904. The van der Waals surface area contributed by atoms with E-state index in [0.717, 1.165) is 30.6 Å². The molecule has 18 heavy (non-hydrogen) atoms. The van der Waals surface area contributed by atoms with Gasteiger partial charge in [-0.1, -0.05) is 18.0 Å². The molecule has 0 atom stereocenters. The Bertz CT molecular complexity index is 547. The molecule has 0 saturated heterocycles. The maximum Gasteiger partial charge on any atom is 0.268 e. The van der Waals surface area contributed by atoms with E-state index in [1.807, 2.05) is 0 Å². The minimum atomic E-state index is -0.372. The van der Waals surface area contributed by atoms with Crippen LogP contribution >= 0.6 is 11.3 Å². The van der Waals surface area contributed by atoms with Crippen LogP contribution in [-0.4, -0.2) is 10.1 Å². The first kappa shape index (κ1) is 11.9. The molecule has 2 aromatic rings. The molecule has 0 unspecified atom stereocenters. The number of rotatable bonds is 2. The molecule has 0 radical (unpaired) electrons. The van der Waals surface area contributed by atoms with E-state index in [9.17, 15) is 0 Å². The fourth-order valence-corrected chi connectivity index (χ4v) is 3.39. The molecular weight excluding hydrogens is 246 g/mol. The third kappa shape index (κ3) is 1.87. The van der Waals surface area contributed by atoms with Crippen molar-refractivity contribution >= 4 is 11.3 Å². The molecular formula is C13H17N3OS. The van der Waals surface area contributed by atoms with Crippen LogP contribution in [0, 0.1) is 13.8 Å². The Morgan fingerprint density at radius 1 is 1.33 bits per heavy atom. The van der Waals surface area contributed by atoms with Crippen LogP contribution in [0.3, 0.4) is 0 Å². The molecule has 3 rings (SSSR count). The highest BCUT2D eigenvalue weighted by Gasteiger charge is 2.36. The van der Waals surface area contributed by atoms with Gasteiger partial charge in [-0.3, -0.25) is 0 Å². The third-order valence-electron chi connectivity index (χ3n) is 3.74. The number of nitrogens with two attached hydrogens (primary N) is 1. The molecule has 2 heterocycles. The van der Waals surface area contributed by atoms with E-state index in [1.54, 1.807) is 11.3 Å². The lowest BCUT2D eigenvalue weighted by Crippen LogP contribution is -2.34. The Kier molecular flexibility index (Phi) is 2.75. The van der Waals surface area contributed by atoms with Gasteiger partial charge in [-0.2, -0.15) is 4.98 Å². The lowest BCUT2D eigenvalue weighted by Gasteiger charge is -2.17. The van der Waals surface area contributed by atoms with Crippen molar-refractivity contribution in [3.63, 3.8) is 0 Å². The number of aromatic nitrogens is 2. The molecule has 0 aromatic carbocycles. The van der Waals surface area contributed by atoms with Crippen LogP contribution in [0.1, 0.15) is 41.9 Å². The zero-order chi connectivity index (χ0) is 12.8. The second-order valence-electron chi connectivity index (χ2n) is 5.14. The fourth-order valence-electron chi connectivity index (χ4n) is 2.43. The van der Waals surface area contributed by atoms with Crippen LogP contribution in [0.15, 0.2) is 10.6 Å². The topological polar surface area (TPSA) is 64.9 Å². The fraction of sp³-hybridized carbons (Fsp3) is 0.538. The van der Waals surface area contributed by atoms with Crippen molar-refractivity contribution in [1.29, 1.82) is 0 Å². The van der Waals surface area contributed by atoms with Crippen molar-refractivity contribution in [2.75, 3.05) is 0 Å². The lowest BCUT2D eigenvalue weighted by molar-refractivity contribution is 0.373. The van der Waals surface area contributed by atoms with Gasteiger partial charge in [-0.15, -0.1) is 11.3 Å². The zero-order valence-electron chi connectivity index (χ0n) is 10.7. The first-order valence-corrected chi connectivity index (χ1v) is 7.11. The summed E-state index contributed by atoms with van der Waals surface area (Å²) in [6.45, 7) is 4.19. The van der Waals surface area contributed by atoms with Crippen LogP contribution in [0.5, 0.6) is 0 Å². The summed E-state index contributed by atoms with van der Waals surface area (Å²) in [7, 11) is 0. The molecule has 2 N–H and O–H groups in total. The number of hydrogen-bond acceptors (Lipinski definition) is 5. The van der Waals surface area contributed by atoms with E-state index in [0.29, 0.717) is 11.7 Å². The van der Waals surface area contributed by atoms with Gasteiger partial charge < -0.3 is 10.3 Å². The standard InChI is InChI=1S/C13H17N3OS/c1-8-7-10(18-9(8)2)11-15-12(16-17-11)13(14)5-3-4-6-13/h7H,3-6,14H2,1-2H3. The second kappa shape index (κ2) is 4.17. The van der Waals surface area contributed by atoms with Gasteiger partial charge in [0.2, 0.25) is 0 Å². The van der Waals surface area contributed by atoms with Crippen LogP contribution in [-0.2, 0) is 5.54 Å². The highest BCUT2D eigenvalue weighted by molar-refractivity contribution is 7.15. The van der Waals surface area contributed by atoms with Crippen LogP contribution < -0.4 is 5.73 Å². The van der Waals surface area contributed by atoms with Gasteiger partial charge in [-0.05, 0) is 38.3 Å². The highest BCUT2D eigenvalue weighted by atomic mass is 32.1. The summed E-state index contributed by atoms with van der Waals surface area (Å²) in [5.41, 5.74) is 7.22. The Hall–Kier alpha value is -1.20. The minimum absolute atomic E-state index is 0.372. The summed E-state index contributed by atoms with van der Waals surface area (Å²) in [4.78, 5) is 6.81. The SMILES string of the molecule is Cc1cc(-c2nc(C3(N)CCCC3)no2)sc1C. The van der Waals surface area contributed by atoms with Gasteiger partial charge >= 0.3 is 0 Å². The Balaban J connectivity index is 1.94. The van der Waals surface area contributed by atoms with Gasteiger partial charge in [0.15, 0.2) is 5.82 Å². The van der Waals surface area contributed by atoms with Crippen LogP contribution in [0.4, 0.5) is 0 Å². The van der Waals surface area contributed by atoms with E-state index in [-0.39, 0.29) is 5.54 Å². The molecule has 1 aliphatic carbocycles. The summed E-state index contributed by atoms with van der Waals surface area (Å²) in [5, 5.41) is 4.08. The van der Waals surface area contributed by atoms with Crippen molar-refractivity contribution in [3.8, 4) is 10.8 Å². The van der Waals surface area contributed by atoms with E-state index in [1.165, 1.54) is 10.4 Å². The first-order valence-electron chi connectivity index (χ1n) is 6.29. The maximum atomic E-state index is 6.33. The zero-order valence-corrected chi connectivity index (χ0v) is 11.5. The molecule has 96 valence electrons. The normalized spacial score (nSPS) is 18.4. The lowest BCUT2D eigenvalue weighted by atomic mass is 9.99. The average molecular weight is 263 g/mol. The van der Waals surface area contributed by atoms with Gasteiger partial charge in [0.25, 0.3) is 5.89 Å². The van der Waals surface area contributed by atoms with Crippen LogP contribution in [0.2, 0.25) is 0 Å². The number of aryl methyl sites for hydroxylation is 2. The number of hydrogen-bond donors (Lipinski definition) is 1. The van der Waals surface area contributed by atoms with E-state index in [4.69, 9.17) is 10.3 Å². The van der Waals surface area contributed by atoms with E-state index >= 15 is 0 Å². The first-order chi connectivity index (χ1) is 8.58.